The maximum atomic E-state index is 13.0. The molecule has 5 nitrogen and oxygen atoms in total. The molecule has 1 aliphatic rings. The molecule has 0 aliphatic heterocycles. The monoisotopic (exact) mass is 311 g/mol. The highest BCUT2D eigenvalue weighted by atomic mass is 32.2. The minimum absolute atomic E-state index is 0.142. The number of pyridine rings is 1. The summed E-state index contributed by atoms with van der Waals surface area (Å²) in [6.07, 6.45) is 5.71. The molecule has 6 heteroatoms. The maximum absolute atomic E-state index is 13.0. The summed E-state index contributed by atoms with van der Waals surface area (Å²) in [5.41, 5.74) is 0. The molecule has 21 heavy (non-hydrogen) atoms. The Labute approximate surface area is 127 Å². The number of hydrogen-bond acceptors (Lipinski definition) is 4. The molecule has 0 unspecified atom stereocenters. The zero-order chi connectivity index (χ0) is 15.5. The Morgan fingerprint density at radius 1 is 1.38 bits per heavy atom. The van der Waals surface area contributed by atoms with Crippen LogP contribution in [0.15, 0.2) is 23.2 Å². The summed E-state index contributed by atoms with van der Waals surface area (Å²) in [4.78, 5) is 4.42. The van der Waals surface area contributed by atoms with Gasteiger partial charge in [-0.2, -0.15) is 4.31 Å². The fourth-order valence-corrected chi connectivity index (χ4v) is 4.70. The average molecular weight is 311 g/mol. The van der Waals surface area contributed by atoms with Crippen molar-refractivity contribution in [3.8, 4) is 0 Å². The summed E-state index contributed by atoms with van der Waals surface area (Å²) in [6.45, 7) is 4.69. The van der Waals surface area contributed by atoms with Crippen LogP contribution in [0.25, 0.3) is 0 Å². The predicted molar refractivity (Wildman–Crippen MR) is 84.8 cm³/mol. The summed E-state index contributed by atoms with van der Waals surface area (Å²) in [5, 5.41) is 2.89. The summed E-state index contributed by atoms with van der Waals surface area (Å²) < 4.78 is 27.7. The summed E-state index contributed by atoms with van der Waals surface area (Å²) >= 11 is 0. The van der Waals surface area contributed by atoms with Crippen molar-refractivity contribution in [2.45, 2.75) is 50.5 Å². The van der Waals surface area contributed by atoms with Crippen molar-refractivity contribution in [2.24, 2.45) is 5.92 Å². The van der Waals surface area contributed by atoms with Gasteiger partial charge in [0, 0.05) is 31.9 Å². The van der Waals surface area contributed by atoms with Crippen LogP contribution in [0.1, 0.15) is 39.5 Å². The van der Waals surface area contributed by atoms with Crippen LogP contribution >= 0.6 is 0 Å². The normalized spacial score (nSPS) is 16.8. The van der Waals surface area contributed by atoms with Crippen molar-refractivity contribution in [2.75, 3.05) is 18.9 Å². The first kappa shape index (κ1) is 16.2. The van der Waals surface area contributed by atoms with Gasteiger partial charge in [-0.05, 0) is 24.8 Å². The molecular weight excluding hydrogens is 286 g/mol. The van der Waals surface area contributed by atoms with E-state index in [9.17, 15) is 8.42 Å². The molecule has 1 aliphatic carbocycles. The van der Waals surface area contributed by atoms with Gasteiger partial charge in [0.25, 0.3) is 0 Å². The zero-order valence-electron chi connectivity index (χ0n) is 13.0. The van der Waals surface area contributed by atoms with Gasteiger partial charge >= 0.3 is 0 Å². The van der Waals surface area contributed by atoms with E-state index in [1.54, 1.807) is 29.7 Å². The van der Waals surface area contributed by atoms with Crippen LogP contribution in [-0.2, 0) is 10.0 Å². The van der Waals surface area contributed by atoms with E-state index in [0.29, 0.717) is 23.2 Å². The van der Waals surface area contributed by atoms with Gasteiger partial charge < -0.3 is 5.32 Å². The van der Waals surface area contributed by atoms with E-state index in [4.69, 9.17) is 0 Å². The molecule has 0 atom stereocenters. The Morgan fingerprint density at radius 2 is 2.05 bits per heavy atom. The third kappa shape index (κ3) is 3.74. The Morgan fingerprint density at radius 3 is 2.62 bits per heavy atom. The van der Waals surface area contributed by atoms with Crippen molar-refractivity contribution in [3.05, 3.63) is 18.3 Å². The van der Waals surface area contributed by atoms with E-state index < -0.39 is 10.0 Å². The van der Waals surface area contributed by atoms with Gasteiger partial charge in [-0.15, -0.1) is 0 Å². The maximum Gasteiger partial charge on any atom is 0.243 e. The first-order chi connectivity index (χ1) is 9.95. The Bertz CT molecular complexity index is 566. The van der Waals surface area contributed by atoms with Gasteiger partial charge in [0.05, 0.1) is 4.90 Å². The van der Waals surface area contributed by atoms with Crippen molar-refractivity contribution < 1.29 is 8.42 Å². The third-order valence-corrected chi connectivity index (χ3v) is 5.79. The fourth-order valence-electron chi connectivity index (χ4n) is 2.84. The Kier molecular flexibility index (Phi) is 5.22. The molecule has 1 aromatic rings. The van der Waals surface area contributed by atoms with E-state index in [2.05, 4.69) is 24.1 Å². The fraction of sp³-hybridized carbons (Fsp3) is 0.667. The van der Waals surface area contributed by atoms with E-state index in [1.165, 1.54) is 0 Å². The van der Waals surface area contributed by atoms with Crippen molar-refractivity contribution in [1.29, 1.82) is 0 Å². The van der Waals surface area contributed by atoms with E-state index in [-0.39, 0.29) is 6.04 Å². The molecule has 1 saturated carbocycles. The number of nitrogens with zero attached hydrogens (tertiary/aromatic N) is 2. The van der Waals surface area contributed by atoms with Crippen molar-refractivity contribution in [1.82, 2.24) is 9.29 Å². The lowest BCUT2D eigenvalue weighted by Crippen LogP contribution is -2.41. The van der Waals surface area contributed by atoms with E-state index in [1.807, 2.05) is 0 Å². The SMILES string of the molecule is CNc1cc(S(=O)(=O)N(CC(C)C)C2CCCC2)ccn1. The van der Waals surface area contributed by atoms with Gasteiger partial charge in [-0.3, -0.25) is 0 Å². The summed E-state index contributed by atoms with van der Waals surface area (Å²) in [7, 11) is -1.72. The van der Waals surface area contributed by atoms with Crippen LogP contribution < -0.4 is 5.32 Å². The summed E-state index contributed by atoms with van der Waals surface area (Å²) in [6, 6.07) is 3.33. The highest BCUT2D eigenvalue weighted by Gasteiger charge is 2.33. The first-order valence-corrected chi connectivity index (χ1v) is 9.05. The standard InChI is InChI=1S/C15H25N3O2S/c1-12(2)11-18(13-6-4-5-7-13)21(19,20)14-8-9-17-15(10-14)16-3/h8-10,12-13H,4-7,11H2,1-3H3,(H,16,17). The molecule has 0 saturated heterocycles. The highest BCUT2D eigenvalue weighted by Crippen LogP contribution is 2.29. The van der Waals surface area contributed by atoms with Crippen LogP contribution in [0.5, 0.6) is 0 Å². The molecule has 2 rings (SSSR count). The molecule has 0 radical (unpaired) electrons. The predicted octanol–water partition coefficient (Wildman–Crippen LogP) is 2.71. The van der Waals surface area contributed by atoms with Crippen molar-refractivity contribution in [3.63, 3.8) is 0 Å². The first-order valence-electron chi connectivity index (χ1n) is 7.61. The average Bonchev–Trinajstić information content (AvgIpc) is 2.98. The van der Waals surface area contributed by atoms with Crippen LogP contribution in [0.2, 0.25) is 0 Å². The topological polar surface area (TPSA) is 62.3 Å². The van der Waals surface area contributed by atoms with Crippen LogP contribution in [-0.4, -0.2) is 37.3 Å². The molecule has 1 fully saturated rings. The molecule has 0 aromatic carbocycles. The lowest BCUT2D eigenvalue weighted by Gasteiger charge is -2.29. The van der Waals surface area contributed by atoms with Gasteiger partial charge in [0.1, 0.15) is 5.82 Å². The van der Waals surface area contributed by atoms with Gasteiger partial charge in [0.2, 0.25) is 10.0 Å². The second kappa shape index (κ2) is 6.75. The Hall–Kier alpha value is -1.14. The molecule has 1 N–H and O–H groups in total. The number of aromatic nitrogens is 1. The quantitative estimate of drug-likeness (QED) is 0.877. The van der Waals surface area contributed by atoms with Crippen LogP contribution in [0.3, 0.4) is 0 Å². The number of anilines is 1. The molecule has 0 spiro atoms. The third-order valence-electron chi connectivity index (χ3n) is 3.87. The molecular formula is C15H25N3O2S. The molecule has 0 amide bonds. The van der Waals surface area contributed by atoms with Crippen LogP contribution in [0, 0.1) is 5.92 Å². The van der Waals surface area contributed by atoms with Gasteiger partial charge in [-0.1, -0.05) is 26.7 Å². The molecule has 1 aromatic heterocycles. The lowest BCUT2D eigenvalue weighted by atomic mass is 10.2. The highest BCUT2D eigenvalue weighted by molar-refractivity contribution is 7.89. The Balaban J connectivity index is 2.35. The van der Waals surface area contributed by atoms with E-state index >= 15 is 0 Å². The van der Waals surface area contributed by atoms with Crippen LogP contribution in [0.4, 0.5) is 5.82 Å². The number of sulfonamides is 1. The summed E-state index contributed by atoms with van der Waals surface area (Å²) in [5.74, 6) is 0.887. The van der Waals surface area contributed by atoms with E-state index in [0.717, 1.165) is 25.7 Å². The largest absolute Gasteiger partial charge is 0.373 e. The second-order valence-electron chi connectivity index (χ2n) is 6.03. The second-order valence-corrected chi connectivity index (χ2v) is 7.92. The minimum atomic E-state index is -3.46. The van der Waals surface area contributed by atoms with Gasteiger partial charge in [-0.25, -0.2) is 13.4 Å². The number of hydrogen-bond donors (Lipinski definition) is 1. The molecule has 1 heterocycles. The zero-order valence-corrected chi connectivity index (χ0v) is 13.9. The minimum Gasteiger partial charge on any atom is -0.373 e. The molecule has 0 bridgehead atoms. The number of rotatable bonds is 6. The lowest BCUT2D eigenvalue weighted by molar-refractivity contribution is 0.292. The van der Waals surface area contributed by atoms with Crippen molar-refractivity contribution >= 4 is 15.8 Å². The number of nitrogens with one attached hydrogen (secondary N) is 1. The molecule has 118 valence electrons. The smallest absolute Gasteiger partial charge is 0.243 e. The van der Waals surface area contributed by atoms with Gasteiger partial charge in [0.15, 0.2) is 0 Å².